The molecule has 6 nitrogen and oxygen atoms in total. The molecule has 134 valence electrons. The summed E-state index contributed by atoms with van der Waals surface area (Å²) in [6.07, 6.45) is 0.556. The molecule has 1 atom stereocenters. The number of para-hydroxylation sites is 1. The van der Waals surface area contributed by atoms with Gasteiger partial charge in [-0.05, 0) is 32.0 Å². The lowest BCUT2D eigenvalue weighted by atomic mass is 10.0. The Bertz CT molecular complexity index is 958. The number of benzene rings is 1. The smallest absolute Gasteiger partial charge is 0.340 e. The average Bonchev–Trinajstić information content (AvgIpc) is 2.96. The molecule has 0 aliphatic rings. The topological polar surface area (TPSA) is 75.3 Å². The molecule has 0 amide bonds. The monoisotopic (exact) mass is 351 g/mol. The van der Waals surface area contributed by atoms with E-state index in [0.717, 1.165) is 22.4 Å². The van der Waals surface area contributed by atoms with Crippen LogP contribution in [0.25, 0.3) is 10.9 Å². The Morgan fingerprint density at radius 2 is 1.88 bits per heavy atom. The molecule has 0 unspecified atom stereocenters. The molecule has 0 bridgehead atoms. The van der Waals surface area contributed by atoms with Gasteiger partial charge in [0.2, 0.25) is 5.78 Å². The van der Waals surface area contributed by atoms with Crippen LogP contribution in [0.1, 0.15) is 33.3 Å². The van der Waals surface area contributed by atoms with Crippen molar-refractivity contribution in [2.75, 3.05) is 19.0 Å². The minimum Gasteiger partial charge on any atom is -0.451 e. The van der Waals surface area contributed by atoms with Crippen LogP contribution >= 0.6 is 0 Å². The van der Waals surface area contributed by atoms with Crippen molar-refractivity contribution < 1.29 is 14.3 Å². The Hall–Kier alpha value is -3.15. The van der Waals surface area contributed by atoms with E-state index in [9.17, 15) is 9.59 Å². The van der Waals surface area contributed by atoms with Crippen molar-refractivity contribution in [3.63, 3.8) is 0 Å². The van der Waals surface area contributed by atoms with E-state index in [1.54, 1.807) is 19.1 Å². The van der Waals surface area contributed by atoms with E-state index in [-0.39, 0.29) is 5.78 Å². The number of H-pyrrole nitrogens is 1. The molecule has 0 fully saturated rings. The standard InChI is InChI=1S/C20H21N3O3/c1-12-18(15-7-5-6-8-16(15)22-12)19(24)13(2)26-20(25)14-9-10-17(21-11-14)23(3)4/h5-11,13,22H,1-4H3/t13-/m1/s1. The van der Waals surface area contributed by atoms with Gasteiger partial charge in [-0.25, -0.2) is 9.78 Å². The second kappa shape index (κ2) is 7.00. The first-order chi connectivity index (χ1) is 12.4. The maximum Gasteiger partial charge on any atom is 0.340 e. The van der Waals surface area contributed by atoms with Crippen LogP contribution in [-0.2, 0) is 4.74 Å². The van der Waals surface area contributed by atoms with Crippen molar-refractivity contribution >= 4 is 28.5 Å². The third kappa shape index (κ3) is 3.31. The van der Waals surface area contributed by atoms with Crippen LogP contribution in [0.3, 0.4) is 0 Å². The molecule has 1 N–H and O–H groups in total. The summed E-state index contributed by atoms with van der Waals surface area (Å²) in [6, 6.07) is 10.9. The van der Waals surface area contributed by atoms with Gasteiger partial charge in [0.05, 0.1) is 5.56 Å². The van der Waals surface area contributed by atoms with Crippen LogP contribution in [0.5, 0.6) is 0 Å². The zero-order valence-electron chi connectivity index (χ0n) is 15.2. The number of ketones is 1. The maximum absolute atomic E-state index is 12.8. The van der Waals surface area contributed by atoms with Gasteiger partial charge in [0.15, 0.2) is 6.10 Å². The fourth-order valence-corrected chi connectivity index (χ4v) is 2.85. The van der Waals surface area contributed by atoms with E-state index in [1.165, 1.54) is 6.20 Å². The first-order valence-electron chi connectivity index (χ1n) is 8.34. The van der Waals surface area contributed by atoms with Crippen LogP contribution in [-0.4, -0.2) is 41.9 Å². The van der Waals surface area contributed by atoms with Gasteiger partial charge in [-0.3, -0.25) is 4.79 Å². The van der Waals surface area contributed by atoms with Gasteiger partial charge in [0.25, 0.3) is 0 Å². The van der Waals surface area contributed by atoms with Crippen LogP contribution in [0.15, 0.2) is 42.6 Å². The number of nitrogens with one attached hydrogen (secondary N) is 1. The number of ether oxygens (including phenoxy) is 1. The van der Waals surface area contributed by atoms with Crippen molar-refractivity contribution in [2.45, 2.75) is 20.0 Å². The van der Waals surface area contributed by atoms with Gasteiger partial charge >= 0.3 is 5.97 Å². The average molecular weight is 351 g/mol. The highest BCUT2D eigenvalue weighted by atomic mass is 16.5. The molecule has 2 heterocycles. The van der Waals surface area contributed by atoms with Crippen molar-refractivity contribution in [1.29, 1.82) is 0 Å². The van der Waals surface area contributed by atoms with Crippen LogP contribution < -0.4 is 4.90 Å². The Labute approximate surface area is 151 Å². The minimum atomic E-state index is -0.895. The highest BCUT2D eigenvalue weighted by Gasteiger charge is 2.25. The quantitative estimate of drug-likeness (QED) is 0.563. The molecule has 26 heavy (non-hydrogen) atoms. The predicted molar refractivity (Wildman–Crippen MR) is 101 cm³/mol. The van der Waals surface area contributed by atoms with Crippen molar-refractivity contribution in [2.24, 2.45) is 0 Å². The number of hydrogen-bond acceptors (Lipinski definition) is 5. The molecule has 6 heteroatoms. The largest absolute Gasteiger partial charge is 0.451 e. The molecule has 0 saturated heterocycles. The van der Waals surface area contributed by atoms with Crippen LogP contribution in [0.4, 0.5) is 5.82 Å². The van der Waals surface area contributed by atoms with E-state index in [4.69, 9.17) is 4.74 Å². The molecule has 3 rings (SSSR count). The highest BCUT2D eigenvalue weighted by molar-refractivity contribution is 6.11. The molecule has 0 spiro atoms. The molecule has 3 aromatic rings. The van der Waals surface area contributed by atoms with Crippen LogP contribution in [0.2, 0.25) is 0 Å². The van der Waals surface area contributed by atoms with E-state index < -0.39 is 12.1 Å². The van der Waals surface area contributed by atoms with E-state index in [0.29, 0.717) is 11.1 Å². The Kier molecular flexibility index (Phi) is 4.75. The number of aromatic nitrogens is 2. The first-order valence-corrected chi connectivity index (χ1v) is 8.34. The Morgan fingerprint density at radius 3 is 2.54 bits per heavy atom. The summed E-state index contributed by atoms with van der Waals surface area (Å²) in [6.45, 7) is 3.43. The number of rotatable bonds is 5. The zero-order valence-corrected chi connectivity index (χ0v) is 15.2. The van der Waals surface area contributed by atoms with Gasteiger partial charge in [-0.2, -0.15) is 0 Å². The lowest BCUT2D eigenvalue weighted by Crippen LogP contribution is -2.25. The summed E-state index contributed by atoms with van der Waals surface area (Å²) in [4.78, 5) is 34.4. The number of carbonyl (C=O) groups excluding carboxylic acids is 2. The minimum absolute atomic E-state index is 0.230. The van der Waals surface area contributed by atoms with Crippen molar-refractivity contribution in [1.82, 2.24) is 9.97 Å². The summed E-state index contributed by atoms with van der Waals surface area (Å²) in [5, 5.41) is 0.829. The fourth-order valence-electron chi connectivity index (χ4n) is 2.85. The molecule has 2 aromatic heterocycles. The third-order valence-electron chi connectivity index (χ3n) is 4.23. The second-order valence-corrected chi connectivity index (χ2v) is 6.38. The Balaban J connectivity index is 1.78. The molecule has 1 aromatic carbocycles. The third-order valence-corrected chi connectivity index (χ3v) is 4.23. The number of Topliss-reactive ketones (excluding diaryl/α,β-unsaturated/α-hetero) is 1. The SMILES string of the molecule is Cc1[nH]c2ccccc2c1C(=O)[C@@H](C)OC(=O)c1ccc(N(C)C)nc1. The van der Waals surface area contributed by atoms with Gasteiger partial charge in [0, 0.05) is 42.5 Å². The molecule has 0 aliphatic heterocycles. The number of esters is 1. The number of aryl methyl sites for hydroxylation is 1. The van der Waals surface area contributed by atoms with Gasteiger partial charge < -0.3 is 14.6 Å². The molecule has 0 saturated carbocycles. The van der Waals surface area contributed by atoms with E-state index >= 15 is 0 Å². The summed E-state index contributed by atoms with van der Waals surface area (Å²) < 4.78 is 5.37. The van der Waals surface area contributed by atoms with E-state index in [2.05, 4.69) is 9.97 Å². The lowest BCUT2D eigenvalue weighted by molar-refractivity contribution is 0.0318. The molecule has 0 aliphatic carbocycles. The van der Waals surface area contributed by atoms with Gasteiger partial charge in [-0.1, -0.05) is 18.2 Å². The second-order valence-electron chi connectivity index (χ2n) is 6.38. The molecule has 0 radical (unpaired) electrons. The van der Waals surface area contributed by atoms with Crippen molar-refractivity contribution in [3.05, 3.63) is 59.4 Å². The number of nitrogens with zero attached hydrogens (tertiary/aromatic N) is 2. The number of anilines is 1. The number of hydrogen-bond donors (Lipinski definition) is 1. The highest BCUT2D eigenvalue weighted by Crippen LogP contribution is 2.24. The van der Waals surface area contributed by atoms with Gasteiger partial charge in [0.1, 0.15) is 5.82 Å². The number of carbonyl (C=O) groups is 2. The normalized spacial score (nSPS) is 12.0. The van der Waals surface area contributed by atoms with Crippen molar-refractivity contribution in [3.8, 4) is 0 Å². The number of fused-ring (bicyclic) bond motifs is 1. The summed E-state index contributed by atoms with van der Waals surface area (Å²) in [7, 11) is 3.73. The molecular formula is C20H21N3O3. The number of pyridine rings is 1. The molecular weight excluding hydrogens is 330 g/mol. The van der Waals surface area contributed by atoms with E-state index in [1.807, 2.05) is 50.2 Å². The zero-order chi connectivity index (χ0) is 18.8. The predicted octanol–water partition coefficient (Wildman–Crippen LogP) is 3.37. The summed E-state index contributed by atoms with van der Waals surface area (Å²) in [5.74, 6) is -0.0626. The fraction of sp³-hybridized carbons (Fsp3) is 0.250. The first kappa shape index (κ1) is 17.7. The maximum atomic E-state index is 12.8. The Morgan fingerprint density at radius 1 is 1.15 bits per heavy atom. The van der Waals surface area contributed by atoms with Crippen LogP contribution in [0, 0.1) is 6.92 Å². The van der Waals surface area contributed by atoms with Gasteiger partial charge in [-0.15, -0.1) is 0 Å². The number of aromatic amines is 1. The summed E-state index contributed by atoms with van der Waals surface area (Å²) in [5.41, 5.74) is 2.51. The lowest BCUT2D eigenvalue weighted by Gasteiger charge is -2.14. The summed E-state index contributed by atoms with van der Waals surface area (Å²) >= 11 is 0.